The van der Waals surface area contributed by atoms with E-state index in [0.29, 0.717) is 6.54 Å². The van der Waals surface area contributed by atoms with Crippen LogP contribution in [0.1, 0.15) is 24.2 Å². The summed E-state index contributed by atoms with van der Waals surface area (Å²) in [5.74, 6) is 0.797. The van der Waals surface area contributed by atoms with Gasteiger partial charge >= 0.3 is 0 Å². The number of hydrogen-bond donors (Lipinski definition) is 1. The van der Waals surface area contributed by atoms with Crippen molar-refractivity contribution in [3.05, 3.63) is 48.0 Å². The molecule has 1 aromatic heterocycles. The van der Waals surface area contributed by atoms with Crippen molar-refractivity contribution >= 4 is 17.5 Å². The fourth-order valence-electron chi connectivity index (χ4n) is 3.66. The van der Waals surface area contributed by atoms with E-state index in [0.717, 1.165) is 36.5 Å². The summed E-state index contributed by atoms with van der Waals surface area (Å²) in [6.45, 7) is 3.22. The molecule has 1 aromatic carbocycles. The zero-order chi connectivity index (χ0) is 17.4. The molecule has 2 aliphatic heterocycles. The van der Waals surface area contributed by atoms with Gasteiger partial charge in [-0.1, -0.05) is 17.7 Å². The monoisotopic (exact) mass is 338 g/mol. The lowest BCUT2D eigenvalue weighted by Gasteiger charge is -2.26. The maximum atomic E-state index is 12.6. The van der Waals surface area contributed by atoms with Crippen molar-refractivity contribution in [3.8, 4) is 0 Å². The molecule has 0 aliphatic carbocycles. The number of aromatic nitrogens is 2. The van der Waals surface area contributed by atoms with E-state index in [-0.39, 0.29) is 30.2 Å². The first-order chi connectivity index (χ1) is 12.1. The highest BCUT2D eigenvalue weighted by molar-refractivity contribution is 6.00. The number of benzene rings is 1. The van der Waals surface area contributed by atoms with Gasteiger partial charge in [0.25, 0.3) is 0 Å². The van der Waals surface area contributed by atoms with E-state index in [1.165, 1.54) is 0 Å². The van der Waals surface area contributed by atoms with Gasteiger partial charge in [-0.15, -0.1) is 0 Å². The minimum Gasteiger partial charge on any atom is -0.351 e. The van der Waals surface area contributed by atoms with Crippen molar-refractivity contribution in [2.75, 3.05) is 11.4 Å². The van der Waals surface area contributed by atoms with Crippen LogP contribution in [0.2, 0.25) is 0 Å². The van der Waals surface area contributed by atoms with Gasteiger partial charge in [0.15, 0.2) is 0 Å². The molecule has 2 amide bonds. The van der Waals surface area contributed by atoms with Crippen LogP contribution in [-0.4, -0.2) is 34.0 Å². The number of aryl methyl sites for hydroxylation is 2. The Kier molecular flexibility index (Phi) is 4.03. The van der Waals surface area contributed by atoms with E-state index in [1.807, 2.05) is 37.4 Å². The van der Waals surface area contributed by atoms with Gasteiger partial charge in [-0.25, -0.2) is 4.98 Å². The number of rotatable bonds is 3. The van der Waals surface area contributed by atoms with Gasteiger partial charge in [-0.3, -0.25) is 9.59 Å². The molecule has 1 saturated heterocycles. The van der Waals surface area contributed by atoms with Gasteiger partial charge in [0, 0.05) is 50.1 Å². The molecule has 3 heterocycles. The minimum atomic E-state index is -0.280. The summed E-state index contributed by atoms with van der Waals surface area (Å²) in [6, 6.07) is 7.96. The normalized spacial score (nSPS) is 22.8. The molecule has 6 nitrogen and oxygen atoms in total. The molecule has 6 heteroatoms. The first kappa shape index (κ1) is 15.9. The lowest BCUT2D eigenvalue weighted by molar-refractivity contribution is -0.127. The average molecular weight is 338 g/mol. The van der Waals surface area contributed by atoms with Crippen LogP contribution in [-0.2, 0) is 22.6 Å². The van der Waals surface area contributed by atoms with Crippen LogP contribution in [0.15, 0.2) is 36.7 Å². The second-order valence-corrected chi connectivity index (χ2v) is 6.98. The Balaban J connectivity index is 1.38. The molecule has 2 atom stereocenters. The topological polar surface area (TPSA) is 67.2 Å². The molecule has 1 fully saturated rings. The number of fused-ring (bicyclic) bond motifs is 1. The standard InChI is InChI=1S/C19H22N4O2/c1-13-2-5-16(6-3-13)23-11-14(10-18(23)24)19(25)21-15-4-7-17-20-8-9-22(17)12-15/h2-3,5-6,8-9,14-15H,4,7,10-12H2,1H3,(H,21,25)/t14-,15+/m1/s1. The molecule has 0 spiro atoms. The van der Waals surface area contributed by atoms with E-state index in [4.69, 9.17) is 0 Å². The third-order valence-corrected chi connectivity index (χ3v) is 5.12. The first-order valence-corrected chi connectivity index (χ1v) is 8.77. The first-order valence-electron chi connectivity index (χ1n) is 8.77. The molecule has 2 aliphatic rings. The summed E-state index contributed by atoms with van der Waals surface area (Å²) in [5.41, 5.74) is 2.02. The van der Waals surface area contributed by atoms with E-state index in [9.17, 15) is 9.59 Å². The van der Waals surface area contributed by atoms with Crippen LogP contribution >= 0.6 is 0 Å². The molecular weight excluding hydrogens is 316 g/mol. The van der Waals surface area contributed by atoms with E-state index in [2.05, 4.69) is 14.9 Å². The number of nitrogens with one attached hydrogen (secondary N) is 1. The molecule has 0 radical (unpaired) electrons. The van der Waals surface area contributed by atoms with Crippen LogP contribution < -0.4 is 10.2 Å². The van der Waals surface area contributed by atoms with Crippen molar-refractivity contribution in [3.63, 3.8) is 0 Å². The second kappa shape index (κ2) is 6.35. The highest BCUT2D eigenvalue weighted by Gasteiger charge is 2.36. The van der Waals surface area contributed by atoms with Crippen LogP contribution in [0.4, 0.5) is 5.69 Å². The highest BCUT2D eigenvalue weighted by atomic mass is 16.2. The van der Waals surface area contributed by atoms with Crippen LogP contribution in [0.5, 0.6) is 0 Å². The third-order valence-electron chi connectivity index (χ3n) is 5.12. The van der Waals surface area contributed by atoms with Gasteiger partial charge in [0.1, 0.15) is 5.82 Å². The lowest BCUT2D eigenvalue weighted by Crippen LogP contribution is -2.44. The highest BCUT2D eigenvalue weighted by Crippen LogP contribution is 2.26. The van der Waals surface area contributed by atoms with Crippen molar-refractivity contribution in [2.45, 2.75) is 38.8 Å². The summed E-state index contributed by atoms with van der Waals surface area (Å²) < 4.78 is 2.09. The van der Waals surface area contributed by atoms with Gasteiger partial charge in [-0.05, 0) is 25.5 Å². The van der Waals surface area contributed by atoms with E-state index in [1.54, 1.807) is 11.1 Å². The number of anilines is 1. The van der Waals surface area contributed by atoms with Gasteiger partial charge < -0.3 is 14.8 Å². The Hall–Kier alpha value is -2.63. The molecule has 0 unspecified atom stereocenters. The summed E-state index contributed by atoms with van der Waals surface area (Å²) in [7, 11) is 0. The second-order valence-electron chi connectivity index (χ2n) is 6.98. The SMILES string of the molecule is Cc1ccc(N2C[C@H](C(=O)N[C@H]3CCc4nccn4C3)CC2=O)cc1. The molecule has 0 bridgehead atoms. The fraction of sp³-hybridized carbons (Fsp3) is 0.421. The zero-order valence-corrected chi connectivity index (χ0v) is 14.3. The Morgan fingerprint density at radius 3 is 2.84 bits per heavy atom. The number of imidazole rings is 1. The molecule has 4 rings (SSSR count). The maximum absolute atomic E-state index is 12.6. The lowest BCUT2D eigenvalue weighted by atomic mass is 10.0. The Morgan fingerprint density at radius 1 is 1.24 bits per heavy atom. The van der Waals surface area contributed by atoms with Crippen molar-refractivity contribution in [1.29, 1.82) is 0 Å². The molecule has 2 aromatic rings. The number of carbonyl (C=O) groups excluding carboxylic acids is 2. The summed E-state index contributed by atoms with van der Waals surface area (Å²) in [4.78, 5) is 31.0. The van der Waals surface area contributed by atoms with Gasteiger partial charge in [0.2, 0.25) is 11.8 Å². The summed E-state index contributed by atoms with van der Waals surface area (Å²) >= 11 is 0. The quantitative estimate of drug-likeness (QED) is 0.926. The number of amides is 2. The number of nitrogens with zero attached hydrogens (tertiary/aromatic N) is 3. The average Bonchev–Trinajstić information content (AvgIpc) is 3.22. The Morgan fingerprint density at radius 2 is 2.04 bits per heavy atom. The summed E-state index contributed by atoms with van der Waals surface area (Å²) in [6.07, 6.45) is 5.80. The minimum absolute atomic E-state index is 0.0171. The zero-order valence-electron chi connectivity index (χ0n) is 14.3. The summed E-state index contributed by atoms with van der Waals surface area (Å²) in [5, 5.41) is 3.13. The van der Waals surface area contributed by atoms with Crippen LogP contribution in [0, 0.1) is 12.8 Å². The Labute approximate surface area is 146 Å². The number of hydrogen-bond acceptors (Lipinski definition) is 3. The van der Waals surface area contributed by atoms with Gasteiger partial charge in [0.05, 0.1) is 5.92 Å². The van der Waals surface area contributed by atoms with E-state index >= 15 is 0 Å². The Bertz CT molecular complexity index is 796. The van der Waals surface area contributed by atoms with Gasteiger partial charge in [-0.2, -0.15) is 0 Å². The smallest absolute Gasteiger partial charge is 0.227 e. The predicted octanol–water partition coefficient (Wildman–Crippen LogP) is 1.68. The van der Waals surface area contributed by atoms with E-state index < -0.39 is 0 Å². The molecule has 1 N–H and O–H groups in total. The van der Waals surface area contributed by atoms with Crippen molar-refractivity contribution in [1.82, 2.24) is 14.9 Å². The third kappa shape index (κ3) is 3.16. The molecule has 0 saturated carbocycles. The molecular formula is C19H22N4O2. The fourth-order valence-corrected chi connectivity index (χ4v) is 3.66. The molecule has 130 valence electrons. The van der Waals surface area contributed by atoms with Crippen molar-refractivity contribution in [2.24, 2.45) is 5.92 Å². The van der Waals surface area contributed by atoms with Crippen molar-refractivity contribution < 1.29 is 9.59 Å². The predicted molar refractivity (Wildman–Crippen MR) is 94.1 cm³/mol. The number of carbonyl (C=O) groups is 2. The molecule has 25 heavy (non-hydrogen) atoms. The maximum Gasteiger partial charge on any atom is 0.227 e. The largest absolute Gasteiger partial charge is 0.351 e. The van der Waals surface area contributed by atoms with Crippen LogP contribution in [0.25, 0.3) is 0 Å². The van der Waals surface area contributed by atoms with Crippen LogP contribution in [0.3, 0.4) is 0 Å².